The van der Waals surface area contributed by atoms with Crippen LogP contribution in [0.25, 0.3) is 0 Å². The SMILES string of the molecule is OCC#Cc1ccc(OCCN2CCOCC2)cc1. The minimum atomic E-state index is -0.113. The van der Waals surface area contributed by atoms with Crippen molar-refractivity contribution in [2.24, 2.45) is 0 Å². The molecule has 4 heteroatoms. The third kappa shape index (κ3) is 4.92. The molecule has 0 unspecified atom stereocenters. The number of hydrogen-bond acceptors (Lipinski definition) is 4. The number of aliphatic hydroxyl groups excluding tert-OH is 1. The van der Waals surface area contributed by atoms with Gasteiger partial charge in [0.05, 0.1) is 13.2 Å². The summed E-state index contributed by atoms with van der Waals surface area (Å²) >= 11 is 0. The Hall–Kier alpha value is -1.54. The molecule has 1 aromatic carbocycles. The van der Waals surface area contributed by atoms with E-state index in [1.807, 2.05) is 24.3 Å². The van der Waals surface area contributed by atoms with Gasteiger partial charge in [-0.05, 0) is 24.3 Å². The summed E-state index contributed by atoms with van der Waals surface area (Å²) in [5.41, 5.74) is 0.884. The molecule has 1 heterocycles. The summed E-state index contributed by atoms with van der Waals surface area (Å²) in [5.74, 6) is 6.32. The number of nitrogens with zero attached hydrogens (tertiary/aromatic N) is 1. The average molecular weight is 261 g/mol. The zero-order valence-electron chi connectivity index (χ0n) is 11.0. The standard InChI is InChI=1S/C15H19NO3/c17-10-1-2-14-3-5-15(6-4-14)19-13-9-16-7-11-18-12-8-16/h3-6,17H,7-13H2. The molecule has 4 nitrogen and oxygen atoms in total. The molecular weight excluding hydrogens is 242 g/mol. The zero-order chi connectivity index (χ0) is 13.3. The van der Waals surface area contributed by atoms with Gasteiger partial charge < -0.3 is 14.6 Å². The van der Waals surface area contributed by atoms with Crippen molar-refractivity contribution in [1.82, 2.24) is 4.90 Å². The second kappa shape index (κ2) is 7.80. The second-order valence-corrected chi connectivity index (χ2v) is 4.29. The maximum atomic E-state index is 8.61. The van der Waals surface area contributed by atoms with Crippen LogP contribution in [0.1, 0.15) is 5.56 Å². The Balaban J connectivity index is 1.73. The molecule has 0 aromatic heterocycles. The normalized spacial score (nSPS) is 15.6. The third-order valence-electron chi connectivity index (χ3n) is 2.95. The van der Waals surface area contributed by atoms with Crippen molar-refractivity contribution < 1.29 is 14.6 Å². The van der Waals surface area contributed by atoms with Crippen molar-refractivity contribution >= 4 is 0 Å². The van der Waals surface area contributed by atoms with Crippen LogP contribution in [0.2, 0.25) is 0 Å². The molecule has 0 aliphatic carbocycles. The van der Waals surface area contributed by atoms with Gasteiger partial charge in [0.15, 0.2) is 0 Å². The van der Waals surface area contributed by atoms with Crippen LogP contribution >= 0.6 is 0 Å². The quantitative estimate of drug-likeness (QED) is 0.812. The Morgan fingerprint density at radius 3 is 2.63 bits per heavy atom. The molecule has 0 radical (unpaired) electrons. The lowest BCUT2D eigenvalue weighted by atomic mass is 10.2. The lowest BCUT2D eigenvalue weighted by molar-refractivity contribution is 0.0322. The molecule has 19 heavy (non-hydrogen) atoms. The summed E-state index contributed by atoms with van der Waals surface area (Å²) in [6, 6.07) is 7.60. The van der Waals surface area contributed by atoms with Crippen LogP contribution in [0.5, 0.6) is 5.75 Å². The smallest absolute Gasteiger partial charge is 0.119 e. The lowest BCUT2D eigenvalue weighted by Crippen LogP contribution is -2.38. The third-order valence-corrected chi connectivity index (χ3v) is 2.95. The van der Waals surface area contributed by atoms with Crippen molar-refractivity contribution in [3.63, 3.8) is 0 Å². The molecule has 2 rings (SSSR count). The molecule has 1 aliphatic rings. The summed E-state index contributed by atoms with van der Waals surface area (Å²) < 4.78 is 11.0. The van der Waals surface area contributed by atoms with Gasteiger partial charge >= 0.3 is 0 Å². The van der Waals surface area contributed by atoms with Crippen molar-refractivity contribution in [2.45, 2.75) is 0 Å². The van der Waals surface area contributed by atoms with Gasteiger partial charge in [0.2, 0.25) is 0 Å². The molecule has 0 spiro atoms. The van der Waals surface area contributed by atoms with Crippen LogP contribution in [-0.4, -0.2) is 56.1 Å². The largest absolute Gasteiger partial charge is 0.492 e. The maximum absolute atomic E-state index is 8.61. The highest BCUT2D eigenvalue weighted by molar-refractivity contribution is 5.38. The van der Waals surface area contributed by atoms with Gasteiger partial charge in [0.25, 0.3) is 0 Å². The molecule has 0 atom stereocenters. The van der Waals surface area contributed by atoms with Crippen LogP contribution in [0.4, 0.5) is 0 Å². The van der Waals surface area contributed by atoms with Gasteiger partial charge in [-0.3, -0.25) is 4.90 Å². The minimum Gasteiger partial charge on any atom is -0.492 e. The molecular formula is C15H19NO3. The first kappa shape index (κ1) is 13.9. The fraction of sp³-hybridized carbons (Fsp3) is 0.467. The summed E-state index contributed by atoms with van der Waals surface area (Å²) in [4.78, 5) is 2.34. The maximum Gasteiger partial charge on any atom is 0.119 e. The van der Waals surface area contributed by atoms with E-state index in [9.17, 15) is 0 Å². The Morgan fingerprint density at radius 1 is 1.21 bits per heavy atom. The van der Waals surface area contributed by atoms with Crippen molar-refractivity contribution in [3.05, 3.63) is 29.8 Å². The van der Waals surface area contributed by atoms with E-state index >= 15 is 0 Å². The fourth-order valence-corrected chi connectivity index (χ4v) is 1.89. The number of aliphatic hydroxyl groups is 1. The van der Waals surface area contributed by atoms with Crippen molar-refractivity contribution in [2.75, 3.05) is 46.1 Å². The van der Waals surface area contributed by atoms with E-state index in [1.165, 1.54) is 0 Å². The van der Waals surface area contributed by atoms with E-state index in [1.54, 1.807) is 0 Å². The zero-order valence-corrected chi connectivity index (χ0v) is 11.0. The van der Waals surface area contributed by atoms with Crippen LogP contribution in [0.3, 0.4) is 0 Å². The Labute approximate surface area is 113 Å². The first-order valence-corrected chi connectivity index (χ1v) is 6.51. The first-order chi connectivity index (χ1) is 9.38. The van der Waals surface area contributed by atoms with E-state index in [0.29, 0.717) is 6.61 Å². The Bertz CT molecular complexity index is 427. The van der Waals surface area contributed by atoms with Gasteiger partial charge in [0, 0.05) is 25.2 Å². The van der Waals surface area contributed by atoms with E-state index in [4.69, 9.17) is 14.6 Å². The van der Waals surface area contributed by atoms with Crippen LogP contribution in [-0.2, 0) is 4.74 Å². The summed E-state index contributed by atoms with van der Waals surface area (Å²) in [7, 11) is 0. The van der Waals surface area contributed by atoms with Gasteiger partial charge in [-0.2, -0.15) is 0 Å². The van der Waals surface area contributed by atoms with Crippen molar-refractivity contribution in [3.8, 4) is 17.6 Å². The molecule has 1 fully saturated rings. The average Bonchev–Trinajstić information content (AvgIpc) is 2.47. The molecule has 0 bridgehead atoms. The summed E-state index contributed by atoms with van der Waals surface area (Å²) in [6.45, 7) is 5.10. The molecule has 0 amide bonds. The molecule has 1 aliphatic heterocycles. The Morgan fingerprint density at radius 2 is 1.95 bits per heavy atom. The van der Waals surface area contributed by atoms with Crippen LogP contribution < -0.4 is 4.74 Å². The predicted molar refractivity (Wildman–Crippen MR) is 73.2 cm³/mol. The molecule has 102 valence electrons. The van der Waals surface area contributed by atoms with E-state index in [0.717, 1.165) is 44.2 Å². The van der Waals surface area contributed by atoms with Crippen molar-refractivity contribution in [1.29, 1.82) is 0 Å². The van der Waals surface area contributed by atoms with E-state index in [-0.39, 0.29) is 6.61 Å². The van der Waals surface area contributed by atoms with E-state index in [2.05, 4.69) is 16.7 Å². The first-order valence-electron chi connectivity index (χ1n) is 6.51. The highest BCUT2D eigenvalue weighted by Gasteiger charge is 2.09. The minimum absolute atomic E-state index is 0.113. The molecule has 1 N–H and O–H groups in total. The van der Waals surface area contributed by atoms with Gasteiger partial charge in [-0.25, -0.2) is 0 Å². The summed E-state index contributed by atoms with van der Waals surface area (Å²) in [6.07, 6.45) is 0. The highest BCUT2D eigenvalue weighted by Crippen LogP contribution is 2.11. The lowest BCUT2D eigenvalue weighted by Gasteiger charge is -2.26. The predicted octanol–water partition coefficient (Wildman–Crippen LogP) is 0.741. The van der Waals surface area contributed by atoms with Gasteiger partial charge in [0.1, 0.15) is 19.0 Å². The van der Waals surface area contributed by atoms with Crippen LogP contribution in [0.15, 0.2) is 24.3 Å². The van der Waals surface area contributed by atoms with Gasteiger partial charge in [-0.1, -0.05) is 11.8 Å². The summed E-state index contributed by atoms with van der Waals surface area (Å²) in [5, 5.41) is 8.61. The number of benzene rings is 1. The topological polar surface area (TPSA) is 41.9 Å². The number of ether oxygens (including phenoxy) is 2. The van der Waals surface area contributed by atoms with E-state index < -0.39 is 0 Å². The number of rotatable bonds is 4. The fourth-order valence-electron chi connectivity index (χ4n) is 1.89. The second-order valence-electron chi connectivity index (χ2n) is 4.29. The Kier molecular flexibility index (Phi) is 5.70. The number of hydrogen-bond donors (Lipinski definition) is 1. The molecule has 1 saturated heterocycles. The van der Waals surface area contributed by atoms with Crippen LogP contribution in [0, 0.1) is 11.8 Å². The van der Waals surface area contributed by atoms with Gasteiger partial charge in [-0.15, -0.1) is 0 Å². The monoisotopic (exact) mass is 261 g/mol. The number of morpholine rings is 1. The highest BCUT2D eigenvalue weighted by atomic mass is 16.5. The molecule has 0 saturated carbocycles. The molecule has 1 aromatic rings.